The van der Waals surface area contributed by atoms with Crippen LogP contribution in [0.15, 0.2) is 24.5 Å². The van der Waals surface area contributed by atoms with E-state index in [4.69, 9.17) is 4.74 Å². The molecule has 0 aliphatic heterocycles. The molecule has 0 saturated carbocycles. The number of likely N-dealkylation sites (N-methyl/N-ethyl adjacent to an activating group) is 1. The van der Waals surface area contributed by atoms with E-state index < -0.39 is 6.10 Å². The van der Waals surface area contributed by atoms with Crippen molar-refractivity contribution >= 4 is 5.69 Å². The Morgan fingerprint density at radius 2 is 1.95 bits per heavy atom. The molecule has 1 aromatic carbocycles. The number of rotatable bonds is 6. The van der Waals surface area contributed by atoms with Gasteiger partial charge in [0.2, 0.25) is 0 Å². The molecule has 0 fully saturated rings. The molecule has 1 unspecified atom stereocenters. The standard InChI is InChI=1S/C17H25N3O2/c1-12-6-7-13(2)17(14(12)3)22-11-16(21)10-19(4)15-8-18-20(5)9-15/h6-9,16,21H,10-11H2,1-5H3. The number of aromatic nitrogens is 2. The number of benzene rings is 1. The van der Waals surface area contributed by atoms with E-state index in [1.54, 1.807) is 10.9 Å². The van der Waals surface area contributed by atoms with Crippen LogP contribution < -0.4 is 9.64 Å². The largest absolute Gasteiger partial charge is 0.490 e. The van der Waals surface area contributed by atoms with Gasteiger partial charge < -0.3 is 14.7 Å². The molecule has 1 heterocycles. The predicted molar refractivity (Wildman–Crippen MR) is 88.6 cm³/mol. The quantitative estimate of drug-likeness (QED) is 0.889. The Hall–Kier alpha value is -2.01. The molecule has 0 saturated heterocycles. The van der Waals surface area contributed by atoms with Crippen LogP contribution in [0.4, 0.5) is 5.69 Å². The van der Waals surface area contributed by atoms with E-state index >= 15 is 0 Å². The highest BCUT2D eigenvalue weighted by Gasteiger charge is 2.13. The van der Waals surface area contributed by atoms with Crippen LogP contribution in [0.2, 0.25) is 0 Å². The number of anilines is 1. The van der Waals surface area contributed by atoms with Gasteiger partial charge in [0, 0.05) is 26.8 Å². The summed E-state index contributed by atoms with van der Waals surface area (Å²) in [4.78, 5) is 1.97. The number of aryl methyl sites for hydroxylation is 3. The van der Waals surface area contributed by atoms with Crippen LogP contribution in [0.1, 0.15) is 16.7 Å². The lowest BCUT2D eigenvalue weighted by Gasteiger charge is -2.22. The summed E-state index contributed by atoms with van der Waals surface area (Å²) in [5.41, 5.74) is 4.40. The summed E-state index contributed by atoms with van der Waals surface area (Å²) < 4.78 is 7.60. The summed E-state index contributed by atoms with van der Waals surface area (Å²) in [5, 5.41) is 14.3. The normalized spacial score (nSPS) is 12.3. The molecule has 0 bridgehead atoms. The van der Waals surface area contributed by atoms with Gasteiger partial charge in [-0.15, -0.1) is 0 Å². The molecule has 1 aromatic heterocycles. The van der Waals surface area contributed by atoms with E-state index in [0.29, 0.717) is 6.54 Å². The molecule has 120 valence electrons. The molecule has 1 N–H and O–H groups in total. The number of hydrogen-bond acceptors (Lipinski definition) is 4. The van der Waals surface area contributed by atoms with Gasteiger partial charge in [0.25, 0.3) is 0 Å². The molecule has 0 spiro atoms. The van der Waals surface area contributed by atoms with Crippen molar-refractivity contribution < 1.29 is 9.84 Å². The van der Waals surface area contributed by atoms with Gasteiger partial charge in [-0.2, -0.15) is 5.10 Å². The van der Waals surface area contributed by atoms with Crippen LogP contribution >= 0.6 is 0 Å². The summed E-state index contributed by atoms with van der Waals surface area (Å²) in [5.74, 6) is 0.878. The Bertz CT molecular complexity index is 637. The van der Waals surface area contributed by atoms with Gasteiger partial charge >= 0.3 is 0 Å². The van der Waals surface area contributed by atoms with Crippen molar-refractivity contribution in [1.29, 1.82) is 0 Å². The van der Waals surface area contributed by atoms with Gasteiger partial charge in [-0.05, 0) is 37.5 Å². The van der Waals surface area contributed by atoms with Crippen LogP contribution in [-0.2, 0) is 7.05 Å². The number of hydrogen-bond donors (Lipinski definition) is 1. The van der Waals surface area contributed by atoms with E-state index in [9.17, 15) is 5.11 Å². The first kappa shape index (κ1) is 16.4. The topological polar surface area (TPSA) is 50.5 Å². The fourth-order valence-electron chi connectivity index (χ4n) is 2.41. The summed E-state index contributed by atoms with van der Waals surface area (Å²) in [6.45, 7) is 6.90. The smallest absolute Gasteiger partial charge is 0.125 e. The fraction of sp³-hybridized carbons (Fsp3) is 0.471. The van der Waals surface area contributed by atoms with Gasteiger partial charge in [0.1, 0.15) is 18.5 Å². The van der Waals surface area contributed by atoms with Gasteiger partial charge in [0.15, 0.2) is 0 Å². The maximum absolute atomic E-state index is 10.2. The lowest BCUT2D eigenvalue weighted by molar-refractivity contribution is 0.112. The zero-order valence-corrected chi connectivity index (χ0v) is 14.0. The predicted octanol–water partition coefficient (Wildman–Crippen LogP) is 2.22. The zero-order valence-electron chi connectivity index (χ0n) is 14.0. The molecular formula is C17H25N3O2. The molecule has 0 aliphatic rings. The summed E-state index contributed by atoms with van der Waals surface area (Å²) in [6.07, 6.45) is 3.13. The number of aliphatic hydroxyl groups is 1. The second-order valence-corrected chi connectivity index (χ2v) is 5.87. The molecule has 2 rings (SSSR count). The molecule has 0 amide bonds. The Morgan fingerprint density at radius 1 is 1.27 bits per heavy atom. The van der Waals surface area contributed by atoms with E-state index in [-0.39, 0.29) is 6.61 Å². The minimum Gasteiger partial charge on any atom is -0.490 e. The van der Waals surface area contributed by atoms with E-state index in [2.05, 4.69) is 18.1 Å². The first-order valence-electron chi connectivity index (χ1n) is 7.46. The average Bonchev–Trinajstić information content (AvgIpc) is 2.90. The highest BCUT2D eigenvalue weighted by atomic mass is 16.5. The van der Waals surface area contributed by atoms with Crippen LogP contribution in [-0.4, -0.2) is 41.2 Å². The Morgan fingerprint density at radius 3 is 2.59 bits per heavy atom. The second kappa shape index (κ2) is 6.83. The first-order valence-corrected chi connectivity index (χ1v) is 7.46. The number of ether oxygens (including phenoxy) is 1. The minimum atomic E-state index is -0.565. The Balaban J connectivity index is 1.93. The van der Waals surface area contributed by atoms with Crippen molar-refractivity contribution in [3.05, 3.63) is 41.2 Å². The summed E-state index contributed by atoms with van der Waals surface area (Å²) >= 11 is 0. The van der Waals surface area contributed by atoms with Gasteiger partial charge in [0.05, 0.1) is 11.9 Å². The lowest BCUT2D eigenvalue weighted by atomic mass is 10.1. The third-order valence-corrected chi connectivity index (χ3v) is 3.91. The van der Waals surface area contributed by atoms with E-state index in [0.717, 1.165) is 22.6 Å². The van der Waals surface area contributed by atoms with Gasteiger partial charge in [-0.3, -0.25) is 4.68 Å². The third kappa shape index (κ3) is 3.80. The summed E-state index contributed by atoms with van der Waals surface area (Å²) in [6, 6.07) is 4.13. The SMILES string of the molecule is Cc1ccc(C)c(OCC(O)CN(C)c2cnn(C)c2)c1C. The number of nitrogens with zero attached hydrogens (tertiary/aromatic N) is 3. The van der Waals surface area contributed by atoms with Crippen LogP contribution in [0.3, 0.4) is 0 Å². The Labute approximate surface area is 132 Å². The molecule has 5 heteroatoms. The van der Waals surface area contributed by atoms with E-state index in [1.165, 1.54) is 5.56 Å². The van der Waals surface area contributed by atoms with E-state index in [1.807, 2.05) is 45.1 Å². The molecule has 0 radical (unpaired) electrons. The second-order valence-electron chi connectivity index (χ2n) is 5.87. The Kier molecular flexibility index (Phi) is 5.08. The molecular weight excluding hydrogens is 278 g/mol. The zero-order chi connectivity index (χ0) is 16.3. The summed E-state index contributed by atoms with van der Waals surface area (Å²) in [7, 11) is 3.81. The van der Waals surface area contributed by atoms with Crippen molar-refractivity contribution in [2.24, 2.45) is 7.05 Å². The highest BCUT2D eigenvalue weighted by molar-refractivity contribution is 5.44. The van der Waals surface area contributed by atoms with Crippen molar-refractivity contribution in [3.8, 4) is 5.75 Å². The van der Waals surface area contributed by atoms with Crippen molar-refractivity contribution in [2.75, 3.05) is 25.1 Å². The van der Waals surface area contributed by atoms with Crippen LogP contribution in [0.25, 0.3) is 0 Å². The van der Waals surface area contributed by atoms with Crippen molar-refractivity contribution in [2.45, 2.75) is 26.9 Å². The van der Waals surface area contributed by atoms with Gasteiger partial charge in [-0.1, -0.05) is 12.1 Å². The average molecular weight is 303 g/mol. The third-order valence-electron chi connectivity index (χ3n) is 3.91. The molecule has 0 aliphatic carbocycles. The molecule has 1 atom stereocenters. The van der Waals surface area contributed by atoms with Crippen LogP contribution in [0.5, 0.6) is 5.75 Å². The van der Waals surface area contributed by atoms with Crippen molar-refractivity contribution in [3.63, 3.8) is 0 Å². The fourth-order valence-corrected chi connectivity index (χ4v) is 2.41. The maximum Gasteiger partial charge on any atom is 0.125 e. The van der Waals surface area contributed by atoms with Crippen LogP contribution in [0, 0.1) is 20.8 Å². The number of aliphatic hydroxyl groups excluding tert-OH is 1. The van der Waals surface area contributed by atoms with Crippen molar-refractivity contribution in [1.82, 2.24) is 9.78 Å². The maximum atomic E-state index is 10.2. The van der Waals surface area contributed by atoms with Gasteiger partial charge in [-0.25, -0.2) is 0 Å². The minimum absolute atomic E-state index is 0.274. The highest BCUT2D eigenvalue weighted by Crippen LogP contribution is 2.25. The molecule has 5 nitrogen and oxygen atoms in total. The lowest BCUT2D eigenvalue weighted by Crippen LogP contribution is -2.33. The molecule has 22 heavy (non-hydrogen) atoms. The molecule has 2 aromatic rings. The monoisotopic (exact) mass is 303 g/mol. The first-order chi connectivity index (χ1) is 10.4.